The molecule has 1 atom stereocenters. The van der Waals surface area contributed by atoms with E-state index in [0.717, 1.165) is 37.9 Å². The quantitative estimate of drug-likeness (QED) is 0.863. The van der Waals surface area contributed by atoms with Crippen LogP contribution in [-0.4, -0.2) is 32.7 Å². The molecule has 2 fully saturated rings. The molecule has 1 aliphatic heterocycles. The number of halogens is 2. The molecule has 1 spiro atoms. The van der Waals surface area contributed by atoms with Crippen LogP contribution in [0.5, 0.6) is 5.75 Å². The number of methoxy groups -OCH3 is 1. The largest absolute Gasteiger partial charge is 0.494 e. The van der Waals surface area contributed by atoms with Crippen molar-refractivity contribution in [3.8, 4) is 5.75 Å². The van der Waals surface area contributed by atoms with Crippen LogP contribution in [0.2, 0.25) is 0 Å². The number of carbonyl (C=O) groups is 1. The van der Waals surface area contributed by atoms with Gasteiger partial charge in [0.2, 0.25) is 5.91 Å². The number of carbonyl (C=O) groups excluding carboxylic acids is 1. The Morgan fingerprint density at radius 2 is 2.17 bits per heavy atom. The van der Waals surface area contributed by atoms with E-state index in [4.69, 9.17) is 4.74 Å². The Morgan fingerprint density at radius 1 is 1.43 bits per heavy atom. The fourth-order valence-electron chi connectivity index (χ4n) is 3.51. The smallest absolute Gasteiger partial charge is 0.223 e. The van der Waals surface area contributed by atoms with Gasteiger partial charge in [0.05, 0.1) is 7.11 Å². The Bertz CT molecular complexity index is 562. The van der Waals surface area contributed by atoms with Gasteiger partial charge in [-0.15, -0.1) is 12.4 Å². The average Bonchev–Trinajstić information content (AvgIpc) is 3.21. The van der Waals surface area contributed by atoms with Gasteiger partial charge in [-0.1, -0.05) is 6.07 Å². The average molecular weight is 343 g/mol. The molecule has 1 amide bonds. The van der Waals surface area contributed by atoms with E-state index >= 15 is 0 Å². The lowest BCUT2D eigenvalue weighted by Gasteiger charge is -2.23. The van der Waals surface area contributed by atoms with Crippen molar-refractivity contribution in [3.05, 3.63) is 29.6 Å². The molecule has 1 unspecified atom stereocenters. The summed E-state index contributed by atoms with van der Waals surface area (Å²) in [5, 5.41) is 6.34. The summed E-state index contributed by atoms with van der Waals surface area (Å²) in [6, 6.07) is 4.92. The van der Waals surface area contributed by atoms with E-state index in [1.54, 1.807) is 6.07 Å². The molecule has 1 aromatic carbocycles. The molecule has 0 aromatic heterocycles. The van der Waals surface area contributed by atoms with Gasteiger partial charge in [-0.2, -0.15) is 0 Å². The fourth-order valence-corrected chi connectivity index (χ4v) is 3.51. The summed E-state index contributed by atoms with van der Waals surface area (Å²) in [4.78, 5) is 12.2. The monoisotopic (exact) mass is 342 g/mol. The van der Waals surface area contributed by atoms with Crippen LogP contribution in [0.25, 0.3) is 0 Å². The highest BCUT2D eigenvalue weighted by Crippen LogP contribution is 2.58. The molecule has 1 saturated heterocycles. The number of benzene rings is 1. The van der Waals surface area contributed by atoms with Gasteiger partial charge in [0.1, 0.15) is 0 Å². The van der Waals surface area contributed by atoms with Crippen LogP contribution in [0.4, 0.5) is 4.39 Å². The summed E-state index contributed by atoms with van der Waals surface area (Å²) >= 11 is 0. The van der Waals surface area contributed by atoms with E-state index in [9.17, 15) is 9.18 Å². The predicted octanol–water partition coefficient (Wildman–Crippen LogP) is 2.30. The summed E-state index contributed by atoms with van der Waals surface area (Å²) in [5.74, 6) is 0.235. The topological polar surface area (TPSA) is 50.4 Å². The molecule has 4 nitrogen and oxygen atoms in total. The first-order chi connectivity index (χ1) is 10.6. The zero-order valence-corrected chi connectivity index (χ0v) is 14.2. The van der Waals surface area contributed by atoms with Crippen molar-refractivity contribution in [3.63, 3.8) is 0 Å². The van der Waals surface area contributed by atoms with Gasteiger partial charge in [0, 0.05) is 12.5 Å². The Balaban J connectivity index is 0.00000192. The molecule has 3 rings (SSSR count). The number of piperidine rings is 1. The van der Waals surface area contributed by atoms with Crippen LogP contribution in [0.3, 0.4) is 0 Å². The van der Waals surface area contributed by atoms with Gasteiger partial charge < -0.3 is 15.4 Å². The molecule has 128 valence electrons. The van der Waals surface area contributed by atoms with E-state index in [2.05, 4.69) is 10.6 Å². The zero-order valence-electron chi connectivity index (χ0n) is 13.4. The van der Waals surface area contributed by atoms with Crippen molar-refractivity contribution in [1.29, 1.82) is 0 Å². The van der Waals surface area contributed by atoms with Crippen LogP contribution >= 0.6 is 12.4 Å². The molecule has 1 aliphatic carbocycles. The molecule has 2 aliphatic rings. The Hall–Kier alpha value is -1.33. The van der Waals surface area contributed by atoms with Crippen LogP contribution in [0.1, 0.15) is 24.8 Å². The number of hydrogen-bond donors (Lipinski definition) is 2. The lowest BCUT2D eigenvalue weighted by Crippen LogP contribution is -2.34. The highest BCUT2D eigenvalue weighted by molar-refractivity contribution is 5.85. The van der Waals surface area contributed by atoms with E-state index in [-0.39, 0.29) is 41.2 Å². The third-order valence-corrected chi connectivity index (χ3v) is 5.03. The molecule has 0 bridgehead atoms. The van der Waals surface area contributed by atoms with Gasteiger partial charge in [-0.05, 0) is 61.9 Å². The molecule has 6 heteroatoms. The maximum absolute atomic E-state index is 13.6. The highest BCUT2D eigenvalue weighted by atomic mass is 35.5. The van der Waals surface area contributed by atoms with Crippen molar-refractivity contribution >= 4 is 18.3 Å². The van der Waals surface area contributed by atoms with Gasteiger partial charge in [-0.3, -0.25) is 4.79 Å². The molecule has 1 heterocycles. The molecular formula is C17H24ClFN2O2. The first kappa shape index (κ1) is 18.0. The molecule has 1 saturated carbocycles. The van der Waals surface area contributed by atoms with Crippen LogP contribution < -0.4 is 15.4 Å². The summed E-state index contributed by atoms with van der Waals surface area (Å²) < 4.78 is 18.5. The van der Waals surface area contributed by atoms with E-state index in [1.165, 1.54) is 13.2 Å². The second-order valence-corrected chi connectivity index (χ2v) is 6.38. The summed E-state index contributed by atoms with van der Waals surface area (Å²) in [6.07, 6.45) is 3.87. The van der Waals surface area contributed by atoms with Crippen LogP contribution in [0, 0.1) is 17.2 Å². The normalized spacial score (nSPS) is 21.4. The summed E-state index contributed by atoms with van der Waals surface area (Å²) in [5.41, 5.74) is 1.13. The maximum atomic E-state index is 13.6. The van der Waals surface area contributed by atoms with E-state index in [0.29, 0.717) is 13.0 Å². The number of nitrogens with one attached hydrogen (secondary N) is 2. The third kappa shape index (κ3) is 3.96. The second-order valence-electron chi connectivity index (χ2n) is 6.38. The third-order valence-electron chi connectivity index (χ3n) is 5.03. The van der Waals surface area contributed by atoms with Crippen molar-refractivity contribution in [2.75, 3.05) is 26.7 Å². The number of rotatable bonds is 5. The number of amides is 1. The van der Waals surface area contributed by atoms with E-state index in [1.807, 2.05) is 6.07 Å². The Labute approximate surface area is 142 Å². The van der Waals surface area contributed by atoms with Gasteiger partial charge in [0.25, 0.3) is 0 Å². The predicted molar refractivity (Wildman–Crippen MR) is 89.6 cm³/mol. The number of ether oxygens (including phenoxy) is 1. The molecule has 23 heavy (non-hydrogen) atoms. The Kier molecular flexibility index (Phi) is 5.87. The second kappa shape index (κ2) is 7.49. The minimum atomic E-state index is -0.359. The van der Waals surface area contributed by atoms with Crippen LogP contribution in [0.15, 0.2) is 18.2 Å². The molecule has 0 radical (unpaired) electrons. The molecule has 2 N–H and O–H groups in total. The first-order valence-electron chi connectivity index (χ1n) is 7.95. The Morgan fingerprint density at radius 3 is 2.83 bits per heavy atom. The lowest BCUT2D eigenvalue weighted by atomic mass is 9.92. The zero-order chi connectivity index (χ0) is 15.6. The van der Waals surface area contributed by atoms with Gasteiger partial charge in [-0.25, -0.2) is 4.39 Å². The first-order valence-corrected chi connectivity index (χ1v) is 7.95. The van der Waals surface area contributed by atoms with Crippen molar-refractivity contribution in [1.82, 2.24) is 10.6 Å². The van der Waals surface area contributed by atoms with Gasteiger partial charge >= 0.3 is 0 Å². The van der Waals surface area contributed by atoms with Crippen LogP contribution in [-0.2, 0) is 11.2 Å². The van der Waals surface area contributed by atoms with Crippen molar-refractivity contribution in [2.45, 2.75) is 25.7 Å². The summed E-state index contributed by atoms with van der Waals surface area (Å²) in [6.45, 7) is 2.60. The summed E-state index contributed by atoms with van der Waals surface area (Å²) in [7, 11) is 1.45. The fraction of sp³-hybridized carbons (Fsp3) is 0.588. The lowest BCUT2D eigenvalue weighted by molar-refractivity contribution is -0.123. The minimum absolute atomic E-state index is 0. The highest BCUT2D eigenvalue weighted by Gasteiger charge is 2.57. The van der Waals surface area contributed by atoms with Crippen molar-refractivity contribution in [2.24, 2.45) is 11.3 Å². The van der Waals surface area contributed by atoms with E-state index < -0.39 is 0 Å². The molecular weight excluding hydrogens is 319 g/mol. The SMILES string of the molecule is COc1ccc(CCNC(=O)C2CC23CCNCC3)cc1F.Cl. The number of hydrogen-bond acceptors (Lipinski definition) is 3. The van der Waals surface area contributed by atoms with Crippen molar-refractivity contribution < 1.29 is 13.9 Å². The minimum Gasteiger partial charge on any atom is -0.494 e. The standard InChI is InChI=1S/C17H23FN2O2.ClH/c1-22-15-3-2-12(10-14(15)18)4-7-20-16(21)13-11-17(13)5-8-19-9-6-17;/h2-3,10,13,19H,4-9,11H2,1H3,(H,20,21);1H. The van der Waals surface area contributed by atoms with Gasteiger partial charge in [0.15, 0.2) is 11.6 Å². The maximum Gasteiger partial charge on any atom is 0.223 e. The molecule has 1 aromatic rings.